The van der Waals surface area contributed by atoms with Crippen LogP contribution in [0.25, 0.3) is 10.9 Å². The van der Waals surface area contributed by atoms with Crippen LogP contribution in [0.15, 0.2) is 41.4 Å². The third-order valence-corrected chi connectivity index (χ3v) is 3.71. The maximum absolute atomic E-state index is 5.99. The van der Waals surface area contributed by atoms with E-state index in [4.69, 9.17) is 5.73 Å². The molecule has 3 rings (SSSR count). The number of nitrogens with two attached hydrogens (primary N) is 1. The van der Waals surface area contributed by atoms with Crippen molar-refractivity contribution < 1.29 is 0 Å². The van der Waals surface area contributed by atoms with Crippen LogP contribution in [0.1, 0.15) is 5.69 Å². The molecule has 0 aliphatic heterocycles. The van der Waals surface area contributed by atoms with Crippen molar-refractivity contribution in [2.24, 2.45) is 0 Å². The van der Waals surface area contributed by atoms with Crippen LogP contribution in [0.4, 0.5) is 11.4 Å². The lowest BCUT2D eigenvalue weighted by molar-refractivity contribution is 0.897. The van der Waals surface area contributed by atoms with Gasteiger partial charge in [-0.15, -0.1) is 11.3 Å². The first kappa shape index (κ1) is 11.9. The van der Waals surface area contributed by atoms with E-state index in [1.807, 2.05) is 36.8 Å². The maximum atomic E-state index is 5.99. The minimum Gasteiger partial charge on any atom is -0.398 e. The Labute approximate surface area is 115 Å². The van der Waals surface area contributed by atoms with Crippen LogP contribution in [0.3, 0.4) is 0 Å². The molecule has 2 aromatic heterocycles. The first-order chi connectivity index (χ1) is 9.25. The molecule has 0 radical (unpaired) electrons. The van der Waals surface area contributed by atoms with Gasteiger partial charge in [-0.2, -0.15) is 0 Å². The van der Waals surface area contributed by atoms with Gasteiger partial charge in [0, 0.05) is 29.7 Å². The van der Waals surface area contributed by atoms with Crippen LogP contribution in [-0.4, -0.2) is 17.0 Å². The van der Waals surface area contributed by atoms with Gasteiger partial charge >= 0.3 is 0 Å². The van der Waals surface area contributed by atoms with Crippen molar-refractivity contribution in [3.8, 4) is 0 Å². The summed E-state index contributed by atoms with van der Waals surface area (Å²) in [4.78, 5) is 10.9. The molecule has 0 saturated carbocycles. The van der Waals surface area contributed by atoms with E-state index in [1.54, 1.807) is 17.5 Å². The fourth-order valence-electron chi connectivity index (χ4n) is 2.13. The molecule has 0 unspecified atom stereocenters. The predicted octanol–water partition coefficient (Wildman–Crippen LogP) is 2.91. The Morgan fingerprint density at radius 3 is 2.95 bits per heavy atom. The van der Waals surface area contributed by atoms with Crippen LogP contribution in [0, 0.1) is 0 Å². The van der Waals surface area contributed by atoms with E-state index < -0.39 is 0 Å². The number of pyridine rings is 1. The van der Waals surface area contributed by atoms with E-state index in [2.05, 4.69) is 20.2 Å². The van der Waals surface area contributed by atoms with Gasteiger partial charge < -0.3 is 10.6 Å². The molecule has 4 nitrogen and oxygen atoms in total. The topological polar surface area (TPSA) is 55.0 Å². The first-order valence-electron chi connectivity index (χ1n) is 5.97. The van der Waals surface area contributed by atoms with Crippen LogP contribution in [0.2, 0.25) is 0 Å². The van der Waals surface area contributed by atoms with E-state index in [9.17, 15) is 0 Å². The number of thiazole rings is 1. The summed E-state index contributed by atoms with van der Waals surface area (Å²) in [6, 6.07) is 7.84. The van der Waals surface area contributed by atoms with Gasteiger partial charge in [-0.1, -0.05) is 0 Å². The zero-order valence-corrected chi connectivity index (χ0v) is 11.4. The molecule has 0 aliphatic rings. The van der Waals surface area contributed by atoms with Crippen molar-refractivity contribution in [2.45, 2.75) is 6.54 Å². The lowest BCUT2D eigenvalue weighted by atomic mass is 10.1. The zero-order chi connectivity index (χ0) is 13.2. The van der Waals surface area contributed by atoms with Gasteiger partial charge in [0.15, 0.2) is 0 Å². The van der Waals surface area contributed by atoms with Gasteiger partial charge in [0.05, 0.1) is 29.0 Å². The molecule has 0 spiro atoms. The second kappa shape index (κ2) is 4.85. The Morgan fingerprint density at radius 1 is 1.26 bits per heavy atom. The Bertz CT molecular complexity index is 694. The largest absolute Gasteiger partial charge is 0.398 e. The third kappa shape index (κ3) is 2.24. The lowest BCUT2D eigenvalue weighted by Crippen LogP contribution is -2.17. The molecule has 1 aromatic carbocycles. The van der Waals surface area contributed by atoms with Crippen molar-refractivity contribution in [1.82, 2.24) is 9.97 Å². The monoisotopic (exact) mass is 270 g/mol. The molecule has 5 heteroatoms. The lowest BCUT2D eigenvalue weighted by Gasteiger charge is -2.20. The molecular formula is C14H14N4S. The summed E-state index contributed by atoms with van der Waals surface area (Å²) >= 11 is 1.61. The highest BCUT2D eigenvalue weighted by Crippen LogP contribution is 2.29. The van der Waals surface area contributed by atoms with E-state index in [-0.39, 0.29) is 0 Å². The van der Waals surface area contributed by atoms with E-state index in [0.717, 1.165) is 34.5 Å². The van der Waals surface area contributed by atoms with Crippen molar-refractivity contribution in [3.05, 3.63) is 47.0 Å². The van der Waals surface area contributed by atoms with E-state index >= 15 is 0 Å². The number of fused-ring (bicyclic) bond motifs is 1. The van der Waals surface area contributed by atoms with Gasteiger partial charge in [0.1, 0.15) is 0 Å². The average molecular weight is 270 g/mol. The summed E-state index contributed by atoms with van der Waals surface area (Å²) < 4.78 is 0. The smallest absolute Gasteiger partial charge is 0.0955 e. The number of anilines is 2. The van der Waals surface area contributed by atoms with Crippen molar-refractivity contribution in [2.75, 3.05) is 17.7 Å². The van der Waals surface area contributed by atoms with E-state index in [1.165, 1.54) is 0 Å². The SMILES string of the molecule is CN(Cc1cscn1)c1ccc(N)c2cccnc12. The molecular weight excluding hydrogens is 256 g/mol. The number of nitrogen functional groups attached to an aromatic ring is 1. The van der Waals surface area contributed by atoms with Crippen molar-refractivity contribution >= 4 is 33.6 Å². The van der Waals surface area contributed by atoms with Crippen molar-refractivity contribution in [3.63, 3.8) is 0 Å². The number of aromatic nitrogens is 2. The number of hydrogen-bond acceptors (Lipinski definition) is 5. The fourth-order valence-corrected chi connectivity index (χ4v) is 2.68. The highest BCUT2D eigenvalue weighted by molar-refractivity contribution is 7.07. The molecule has 0 aliphatic carbocycles. The van der Waals surface area contributed by atoms with E-state index in [0.29, 0.717) is 0 Å². The maximum Gasteiger partial charge on any atom is 0.0955 e. The zero-order valence-electron chi connectivity index (χ0n) is 10.6. The molecule has 19 heavy (non-hydrogen) atoms. The van der Waals surface area contributed by atoms with Gasteiger partial charge in [-0.05, 0) is 24.3 Å². The Morgan fingerprint density at radius 2 is 2.16 bits per heavy atom. The number of nitrogens with zero attached hydrogens (tertiary/aromatic N) is 3. The molecule has 2 heterocycles. The minimum atomic E-state index is 0.758. The summed E-state index contributed by atoms with van der Waals surface area (Å²) in [6.07, 6.45) is 1.79. The van der Waals surface area contributed by atoms with Gasteiger partial charge in [-0.3, -0.25) is 4.98 Å². The molecule has 0 fully saturated rings. The third-order valence-electron chi connectivity index (χ3n) is 3.08. The average Bonchev–Trinajstić information content (AvgIpc) is 2.92. The molecule has 0 saturated heterocycles. The number of benzene rings is 1. The summed E-state index contributed by atoms with van der Waals surface area (Å²) in [7, 11) is 2.04. The Balaban J connectivity index is 2.03. The summed E-state index contributed by atoms with van der Waals surface area (Å²) in [6.45, 7) is 0.763. The summed E-state index contributed by atoms with van der Waals surface area (Å²) in [5.41, 5.74) is 11.7. The minimum absolute atomic E-state index is 0.758. The standard InChI is InChI=1S/C14H14N4S/c1-18(7-10-8-19-9-17-10)13-5-4-12(15)11-3-2-6-16-14(11)13/h2-6,8-9H,7,15H2,1H3. The number of hydrogen-bond donors (Lipinski definition) is 1. The molecule has 0 atom stereocenters. The normalized spacial score (nSPS) is 10.8. The van der Waals surface area contributed by atoms with Crippen LogP contribution in [-0.2, 0) is 6.54 Å². The highest BCUT2D eigenvalue weighted by Gasteiger charge is 2.10. The van der Waals surface area contributed by atoms with Gasteiger partial charge in [0.25, 0.3) is 0 Å². The van der Waals surface area contributed by atoms with Crippen LogP contribution >= 0.6 is 11.3 Å². The Hall–Kier alpha value is -2.14. The molecule has 96 valence electrons. The molecule has 3 aromatic rings. The van der Waals surface area contributed by atoms with Crippen molar-refractivity contribution in [1.29, 1.82) is 0 Å². The van der Waals surface area contributed by atoms with Crippen LogP contribution < -0.4 is 10.6 Å². The molecule has 0 bridgehead atoms. The van der Waals surface area contributed by atoms with Crippen LogP contribution in [0.5, 0.6) is 0 Å². The predicted molar refractivity (Wildman–Crippen MR) is 80.4 cm³/mol. The fraction of sp³-hybridized carbons (Fsp3) is 0.143. The first-order valence-corrected chi connectivity index (χ1v) is 6.91. The summed E-state index contributed by atoms with van der Waals surface area (Å²) in [5.74, 6) is 0. The quantitative estimate of drug-likeness (QED) is 0.743. The second-order valence-electron chi connectivity index (χ2n) is 4.41. The van der Waals surface area contributed by atoms with Gasteiger partial charge in [-0.25, -0.2) is 4.98 Å². The highest BCUT2D eigenvalue weighted by atomic mass is 32.1. The molecule has 0 amide bonds. The Kier molecular flexibility index (Phi) is 3.05. The van der Waals surface area contributed by atoms with Gasteiger partial charge in [0.2, 0.25) is 0 Å². The molecule has 2 N–H and O–H groups in total. The second-order valence-corrected chi connectivity index (χ2v) is 5.13. The number of rotatable bonds is 3. The summed E-state index contributed by atoms with van der Waals surface area (Å²) in [5, 5.41) is 3.05.